The second kappa shape index (κ2) is 11.4. The first-order chi connectivity index (χ1) is 17.2. The monoisotopic (exact) mass is 536 g/mol. The third kappa shape index (κ3) is 6.63. The highest BCUT2D eigenvalue weighted by atomic mass is 35.5. The van der Waals surface area contributed by atoms with Crippen molar-refractivity contribution < 1.29 is 29.2 Å². The minimum atomic E-state index is -0.943. The van der Waals surface area contributed by atoms with Gasteiger partial charge in [0.1, 0.15) is 6.61 Å². The van der Waals surface area contributed by atoms with Gasteiger partial charge in [-0.15, -0.1) is 0 Å². The van der Waals surface area contributed by atoms with Crippen LogP contribution >= 0.6 is 23.2 Å². The molecule has 36 heavy (non-hydrogen) atoms. The van der Waals surface area contributed by atoms with Gasteiger partial charge in [-0.1, -0.05) is 35.3 Å². The van der Waals surface area contributed by atoms with Gasteiger partial charge in [-0.05, 0) is 54.2 Å². The molecule has 1 unspecified atom stereocenters. The van der Waals surface area contributed by atoms with Crippen molar-refractivity contribution in [2.75, 3.05) is 13.2 Å². The van der Waals surface area contributed by atoms with E-state index in [0.717, 1.165) is 18.4 Å². The van der Waals surface area contributed by atoms with Crippen molar-refractivity contribution >= 4 is 29.2 Å². The Balaban J connectivity index is 1.49. The highest BCUT2D eigenvalue weighted by molar-refractivity contribution is 6.42. The summed E-state index contributed by atoms with van der Waals surface area (Å²) in [7, 11) is 0. The molecule has 1 heterocycles. The first-order valence-electron chi connectivity index (χ1n) is 11.6. The maximum atomic E-state index is 14.9. The Kier molecular flexibility index (Phi) is 8.28. The maximum Gasteiger partial charge on any atom is 0.305 e. The molecule has 0 aliphatic heterocycles. The van der Waals surface area contributed by atoms with E-state index in [9.17, 15) is 24.5 Å². The molecule has 192 valence electrons. The van der Waals surface area contributed by atoms with Crippen molar-refractivity contribution in [3.8, 4) is 17.5 Å². The molecule has 1 fully saturated rings. The van der Waals surface area contributed by atoms with E-state index >= 15 is 0 Å². The molecule has 4 rings (SSSR count). The highest BCUT2D eigenvalue weighted by Gasteiger charge is 2.30. The summed E-state index contributed by atoms with van der Waals surface area (Å²) in [6.07, 6.45) is 2.02. The average molecular weight is 537 g/mol. The largest absolute Gasteiger partial charge is 0.494 e. The fourth-order valence-electron chi connectivity index (χ4n) is 4.19. The van der Waals surface area contributed by atoms with Crippen LogP contribution in [0.3, 0.4) is 0 Å². The summed E-state index contributed by atoms with van der Waals surface area (Å²) in [5, 5.41) is 29.7. The predicted octanol–water partition coefficient (Wildman–Crippen LogP) is 5.85. The zero-order chi connectivity index (χ0) is 25.8. The van der Waals surface area contributed by atoms with Crippen LogP contribution in [-0.2, 0) is 17.9 Å². The van der Waals surface area contributed by atoms with Crippen molar-refractivity contribution in [1.82, 2.24) is 9.47 Å². The number of aromatic nitrogens is 1. The van der Waals surface area contributed by atoms with Gasteiger partial charge in [-0.2, -0.15) is 0 Å². The van der Waals surface area contributed by atoms with Crippen LogP contribution in [0.5, 0.6) is 17.5 Å². The molecule has 0 spiro atoms. The standard InChI is InChI=1S/C26H27Cl2FN2O5/c27-19-5-4-18(12-20(19)28)22(13-26(34)35)30(14-16-1-2-16)15-17-3-6-23(21(29)11-17)36-10-9-31-24(32)7-8-25(31)33/h3-8,11-12,16,22,32-33H,1-2,9-10,13-15H2,(H,34,35). The van der Waals surface area contributed by atoms with E-state index in [1.54, 1.807) is 24.3 Å². The van der Waals surface area contributed by atoms with Crippen LogP contribution in [-0.4, -0.2) is 43.9 Å². The number of aromatic hydroxyl groups is 2. The number of hydrogen-bond donors (Lipinski definition) is 3. The number of rotatable bonds is 12. The molecule has 1 aromatic heterocycles. The molecule has 3 aromatic rings. The molecule has 0 bridgehead atoms. The van der Waals surface area contributed by atoms with Crippen molar-refractivity contribution in [3.05, 3.63) is 75.5 Å². The zero-order valence-corrected chi connectivity index (χ0v) is 20.9. The Bertz CT molecular complexity index is 1210. The lowest BCUT2D eigenvalue weighted by Crippen LogP contribution is -2.32. The van der Waals surface area contributed by atoms with Crippen LogP contribution in [0.25, 0.3) is 0 Å². The molecule has 10 heteroatoms. The summed E-state index contributed by atoms with van der Waals surface area (Å²) in [6.45, 7) is 1.21. The first-order valence-corrected chi connectivity index (χ1v) is 12.4. The number of halogens is 3. The quantitative estimate of drug-likeness (QED) is 0.268. The normalized spacial score (nSPS) is 14.2. The van der Waals surface area contributed by atoms with E-state index in [1.165, 1.54) is 28.8 Å². The van der Waals surface area contributed by atoms with Crippen LogP contribution in [0.2, 0.25) is 10.0 Å². The summed E-state index contributed by atoms with van der Waals surface area (Å²) in [6, 6.07) is 12.0. The van der Waals surface area contributed by atoms with Gasteiger partial charge in [0.05, 0.1) is 23.0 Å². The lowest BCUT2D eigenvalue weighted by atomic mass is 10.0. The SMILES string of the molecule is O=C(O)CC(c1ccc(Cl)c(Cl)c1)N(Cc1ccc(OCCn2c(O)ccc2O)c(F)c1)CC1CC1. The molecule has 2 aromatic carbocycles. The molecule has 0 radical (unpaired) electrons. The fourth-order valence-corrected chi connectivity index (χ4v) is 4.50. The van der Waals surface area contributed by atoms with Crippen LogP contribution in [0.4, 0.5) is 4.39 Å². The van der Waals surface area contributed by atoms with E-state index in [-0.39, 0.29) is 37.1 Å². The minimum absolute atomic E-state index is 0.0396. The van der Waals surface area contributed by atoms with Crippen LogP contribution in [0.15, 0.2) is 48.5 Å². The van der Waals surface area contributed by atoms with E-state index in [0.29, 0.717) is 34.6 Å². The lowest BCUT2D eigenvalue weighted by Gasteiger charge is -2.32. The van der Waals surface area contributed by atoms with E-state index in [1.807, 2.05) is 0 Å². The summed E-state index contributed by atoms with van der Waals surface area (Å²) < 4.78 is 21.6. The molecule has 3 N–H and O–H groups in total. The summed E-state index contributed by atoms with van der Waals surface area (Å²) in [5.74, 6) is -1.20. The predicted molar refractivity (Wildman–Crippen MR) is 134 cm³/mol. The molecule has 1 aliphatic rings. The number of ether oxygens (including phenoxy) is 1. The molecule has 7 nitrogen and oxygen atoms in total. The lowest BCUT2D eigenvalue weighted by molar-refractivity contribution is -0.138. The van der Waals surface area contributed by atoms with Crippen LogP contribution in [0, 0.1) is 11.7 Å². The number of nitrogens with zero attached hydrogens (tertiary/aromatic N) is 2. The first kappa shape index (κ1) is 26.1. The van der Waals surface area contributed by atoms with Crippen LogP contribution in [0.1, 0.15) is 36.4 Å². The number of aliphatic carboxylic acids is 1. The Morgan fingerprint density at radius 3 is 2.42 bits per heavy atom. The highest BCUT2D eigenvalue weighted by Crippen LogP contribution is 2.37. The summed E-state index contributed by atoms with van der Waals surface area (Å²) in [4.78, 5) is 13.8. The fraction of sp³-hybridized carbons (Fsp3) is 0.346. The molecular formula is C26H27Cl2FN2O5. The maximum absolute atomic E-state index is 14.9. The van der Waals surface area contributed by atoms with Crippen molar-refractivity contribution in [2.24, 2.45) is 5.92 Å². The number of hydrogen-bond acceptors (Lipinski definition) is 5. The number of carboxylic acid groups (broad SMARTS) is 1. The van der Waals surface area contributed by atoms with Gasteiger partial charge in [-0.3, -0.25) is 14.3 Å². The molecule has 0 saturated heterocycles. The van der Waals surface area contributed by atoms with E-state index < -0.39 is 17.8 Å². The van der Waals surface area contributed by atoms with Gasteiger partial charge in [0.25, 0.3) is 0 Å². The zero-order valence-electron chi connectivity index (χ0n) is 19.4. The second-order valence-electron chi connectivity index (χ2n) is 8.97. The minimum Gasteiger partial charge on any atom is -0.494 e. The second-order valence-corrected chi connectivity index (χ2v) is 9.79. The van der Waals surface area contributed by atoms with Gasteiger partial charge in [0.2, 0.25) is 0 Å². The number of carboxylic acids is 1. The van der Waals surface area contributed by atoms with Crippen molar-refractivity contribution in [1.29, 1.82) is 0 Å². The third-order valence-electron chi connectivity index (χ3n) is 6.22. The van der Waals surface area contributed by atoms with Gasteiger partial charge in [0.15, 0.2) is 23.3 Å². The molecule has 0 amide bonds. The average Bonchev–Trinajstić information content (AvgIpc) is 3.59. The molecule has 1 saturated carbocycles. The molecule has 1 aliphatic carbocycles. The molecular weight excluding hydrogens is 510 g/mol. The third-order valence-corrected chi connectivity index (χ3v) is 6.95. The number of carbonyl (C=O) groups is 1. The van der Waals surface area contributed by atoms with E-state index in [2.05, 4.69) is 4.90 Å². The smallest absolute Gasteiger partial charge is 0.305 e. The topological polar surface area (TPSA) is 95.2 Å². The van der Waals surface area contributed by atoms with Gasteiger partial charge in [-0.25, -0.2) is 4.39 Å². The van der Waals surface area contributed by atoms with Crippen molar-refractivity contribution in [2.45, 2.75) is 38.4 Å². The Morgan fingerprint density at radius 2 is 1.81 bits per heavy atom. The Labute approximate surface area is 218 Å². The summed E-state index contributed by atoms with van der Waals surface area (Å²) >= 11 is 12.3. The van der Waals surface area contributed by atoms with Crippen LogP contribution < -0.4 is 4.74 Å². The number of benzene rings is 2. The Hall–Kier alpha value is -2.94. The Morgan fingerprint density at radius 1 is 1.08 bits per heavy atom. The van der Waals surface area contributed by atoms with Gasteiger partial charge >= 0.3 is 5.97 Å². The summed E-state index contributed by atoms with van der Waals surface area (Å²) in [5.41, 5.74) is 1.42. The van der Waals surface area contributed by atoms with Gasteiger partial charge in [0, 0.05) is 31.3 Å². The molecule has 1 atom stereocenters. The van der Waals surface area contributed by atoms with Gasteiger partial charge < -0.3 is 20.1 Å². The van der Waals surface area contributed by atoms with E-state index in [4.69, 9.17) is 27.9 Å². The van der Waals surface area contributed by atoms with Crippen molar-refractivity contribution in [3.63, 3.8) is 0 Å².